The number of hydrogen-bond acceptors (Lipinski definition) is 6. The van der Waals surface area contributed by atoms with Gasteiger partial charge in [-0.15, -0.1) is 0 Å². The average Bonchev–Trinajstić information content (AvgIpc) is 2.37. The lowest BCUT2D eigenvalue weighted by Gasteiger charge is -2.14. The molecule has 6 heteroatoms. The lowest BCUT2D eigenvalue weighted by Crippen LogP contribution is -2.18. The van der Waals surface area contributed by atoms with Gasteiger partial charge in [-0.3, -0.25) is 0 Å². The molecule has 1 heterocycles. The van der Waals surface area contributed by atoms with E-state index in [1.165, 1.54) is 13.3 Å². The minimum absolute atomic E-state index is 0.187. The smallest absolute Gasteiger partial charge is 0.340 e. The third-order valence-electron chi connectivity index (χ3n) is 2.49. The second kappa shape index (κ2) is 6.80. The van der Waals surface area contributed by atoms with Crippen LogP contribution < -0.4 is 11.1 Å². The molecule has 0 spiro atoms. The Hall–Kier alpha value is -1.82. The minimum Gasteiger partial charge on any atom is -0.465 e. The van der Waals surface area contributed by atoms with Crippen molar-refractivity contribution in [2.45, 2.75) is 19.4 Å². The van der Waals surface area contributed by atoms with Crippen molar-refractivity contribution in [2.75, 3.05) is 31.9 Å². The largest absolute Gasteiger partial charge is 0.465 e. The molecule has 18 heavy (non-hydrogen) atoms. The molecule has 0 aromatic carbocycles. The third kappa shape index (κ3) is 3.89. The summed E-state index contributed by atoms with van der Waals surface area (Å²) in [7, 11) is 2.97. The Kier molecular flexibility index (Phi) is 5.38. The van der Waals surface area contributed by atoms with Crippen molar-refractivity contribution >= 4 is 17.5 Å². The van der Waals surface area contributed by atoms with Gasteiger partial charge in [-0.25, -0.2) is 9.78 Å². The first-order valence-corrected chi connectivity index (χ1v) is 5.67. The summed E-state index contributed by atoms with van der Waals surface area (Å²) in [6, 6.07) is 1.77. The van der Waals surface area contributed by atoms with E-state index in [1.807, 2.05) is 6.92 Å². The molecule has 0 aliphatic rings. The number of nitrogens with two attached hydrogens (primary N) is 1. The third-order valence-corrected chi connectivity index (χ3v) is 2.49. The number of hydrogen-bond donors (Lipinski definition) is 2. The summed E-state index contributed by atoms with van der Waals surface area (Å²) in [6.07, 6.45) is 2.29. The van der Waals surface area contributed by atoms with Gasteiger partial charge in [0, 0.05) is 19.8 Å². The van der Waals surface area contributed by atoms with Crippen LogP contribution in [0.25, 0.3) is 0 Å². The number of aromatic nitrogens is 1. The highest BCUT2D eigenvalue weighted by atomic mass is 16.5. The standard InChI is InChI=1S/C12H19N3O3/c1-8(4-5-17-2)15-11-6-9(12(16)18-3)10(13)7-14-11/h6-8H,4-5,13H2,1-3H3,(H,14,15). The molecule has 1 unspecified atom stereocenters. The maximum absolute atomic E-state index is 11.5. The van der Waals surface area contributed by atoms with Crippen LogP contribution in [0.5, 0.6) is 0 Å². The first kappa shape index (κ1) is 14.2. The van der Waals surface area contributed by atoms with Gasteiger partial charge in [-0.05, 0) is 19.4 Å². The number of nitrogen functional groups attached to an aromatic ring is 1. The number of nitrogens with one attached hydrogen (secondary N) is 1. The monoisotopic (exact) mass is 253 g/mol. The molecule has 1 atom stereocenters. The minimum atomic E-state index is -0.470. The summed E-state index contributed by atoms with van der Waals surface area (Å²) in [5, 5.41) is 3.17. The summed E-state index contributed by atoms with van der Waals surface area (Å²) in [5.41, 5.74) is 6.28. The second-order valence-electron chi connectivity index (χ2n) is 3.98. The zero-order chi connectivity index (χ0) is 13.5. The Labute approximate surface area is 106 Å². The fourth-order valence-electron chi connectivity index (χ4n) is 1.45. The molecule has 0 aliphatic carbocycles. The predicted octanol–water partition coefficient (Wildman–Crippen LogP) is 1.29. The van der Waals surface area contributed by atoms with Gasteiger partial charge >= 0.3 is 5.97 Å². The topological polar surface area (TPSA) is 86.5 Å². The zero-order valence-electron chi connectivity index (χ0n) is 10.9. The van der Waals surface area contributed by atoms with Crippen LogP contribution in [0.15, 0.2) is 12.3 Å². The lowest BCUT2D eigenvalue weighted by atomic mass is 10.2. The van der Waals surface area contributed by atoms with E-state index in [9.17, 15) is 4.79 Å². The maximum Gasteiger partial charge on any atom is 0.340 e. The van der Waals surface area contributed by atoms with Crippen molar-refractivity contribution in [3.8, 4) is 0 Å². The van der Waals surface area contributed by atoms with Gasteiger partial charge < -0.3 is 20.5 Å². The van der Waals surface area contributed by atoms with E-state index < -0.39 is 5.97 Å². The molecule has 3 N–H and O–H groups in total. The Bertz CT molecular complexity index is 410. The van der Waals surface area contributed by atoms with Crippen molar-refractivity contribution in [1.29, 1.82) is 0 Å². The Morgan fingerprint density at radius 2 is 2.28 bits per heavy atom. The van der Waals surface area contributed by atoms with Crippen molar-refractivity contribution in [2.24, 2.45) is 0 Å². The van der Waals surface area contributed by atoms with Crippen LogP contribution in [0, 0.1) is 0 Å². The Morgan fingerprint density at radius 3 is 2.89 bits per heavy atom. The van der Waals surface area contributed by atoms with Crippen LogP contribution in [0.4, 0.5) is 11.5 Å². The molecule has 1 aromatic rings. The molecule has 0 aliphatic heterocycles. The van der Waals surface area contributed by atoms with Gasteiger partial charge in [-0.1, -0.05) is 0 Å². The number of carbonyl (C=O) groups excluding carboxylic acids is 1. The molecule has 0 saturated carbocycles. The molecule has 0 radical (unpaired) electrons. The van der Waals surface area contributed by atoms with Crippen molar-refractivity contribution < 1.29 is 14.3 Å². The van der Waals surface area contributed by atoms with Crippen molar-refractivity contribution in [3.05, 3.63) is 17.8 Å². The summed E-state index contributed by atoms with van der Waals surface area (Å²) >= 11 is 0. The fourth-order valence-corrected chi connectivity index (χ4v) is 1.45. The number of ether oxygens (including phenoxy) is 2. The van der Waals surface area contributed by atoms with Crippen molar-refractivity contribution in [1.82, 2.24) is 4.98 Å². The highest BCUT2D eigenvalue weighted by Gasteiger charge is 2.12. The SMILES string of the molecule is COCCC(C)Nc1cc(C(=O)OC)c(N)cn1. The molecular weight excluding hydrogens is 234 g/mol. The molecule has 1 aromatic heterocycles. The van der Waals surface area contributed by atoms with Gasteiger partial charge in [0.1, 0.15) is 5.82 Å². The molecule has 0 saturated heterocycles. The van der Waals surface area contributed by atoms with Crippen LogP contribution in [-0.2, 0) is 9.47 Å². The summed E-state index contributed by atoms with van der Waals surface area (Å²) in [4.78, 5) is 15.6. The molecule has 6 nitrogen and oxygen atoms in total. The van der Waals surface area contributed by atoms with Gasteiger partial charge in [0.2, 0.25) is 0 Å². The van der Waals surface area contributed by atoms with E-state index in [-0.39, 0.29) is 6.04 Å². The Balaban J connectivity index is 2.75. The summed E-state index contributed by atoms with van der Waals surface area (Å²) in [6.45, 7) is 2.67. The van der Waals surface area contributed by atoms with Crippen LogP contribution in [0.3, 0.4) is 0 Å². The van der Waals surface area contributed by atoms with Crippen LogP contribution >= 0.6 is 0 Å². The van der Waals surface area contributed by atoms with Crippen LogP contribution in [0.1, 0.15) is 23.7 Å². The molecule has 0 fully saturated rings. The van der Waals surface area contributed by atoms with E-state index in [2.05, 4.69) is 15.0 Å². The van der Waals surface area contributed by atoms with E-state index in [0.717, 1.165) is 6.42 Å². The normalized spacial score (nSPS) is 11.9. The van der Waals surface area contributed by atoms with E-state index in [1.54, 1.807) is 13.2 Å². The molecule has 0 amide bonds. The molecular formula is C12H19N3O3. The van der Waals surface area contributed by atoms with E-state index in [4.69, 9.17) is 10.5 Å². The van der Waals surface area contributed by atoms with E-state index >= 15 is 0 Å². The number of esters is 1. The number of nitrogens with zero attached hydrogens (tertiary/aromatic N) is 1. The van der Waals surface area contributed by atoms with Crippen LogP contribution in [0.2, 0.25) is 0 Å². The molecule has 1 rings (SSSR count). The zero-order valence-corrected chi connectivity index (χ0v) is 10.9. The Morgan fingerprint density at radius 1 is 1.56 bits per heavy atom. The summed E-state index contributed by atoms with van der Waals surface area (Å²) in [5.74, 6) is 0.121. The first-order valence-electron chi connectivity index (χ1n) is 5.67. The van der Waals surface area contributed by atoms with Gasteiger partial charge in [-0.2, -0.15) is 0 Å². The number of anilines is 2. The lowest BCUT2D eigenvalue weighted by molar-refractivity contribution is 0.0602. The van der Waals surface area contributed by atoms with Gasteiger partial charge in [0.25, 0.3) is 0 Å². The number of rotatable bonds is 6. The predicted molar refractivity (Wildman–Crippen MR) is 69.6 cm³/mol. The van der Waals surface area contributed by atoms with E-state index in [0.29, 0.717) is 23.7 Å². The van der Waals surface area contributed by atoms with Crippen molar-refractivity contribution in [3.63, 3.8) is 0 Å². The van der Waals surface area contributed by atoms with Gasteiger partial charge in [0.05, 0.1) is 24.6 Å². The first-order chi connectivity index (χ1) is 8.58. The average molecular weight is 253 g/mol. The van der Waals surface area contributed by atoms with Crippen LogP contribution in [-0.4, -0.2) is 37.8 Å². The molecule has 0 bridgehead atoms. The number of pyridine rings is 1. The number of methoxy groups -OCH3 is 2. The van der Waals surface area contributed by atoms with Gasteiger partial charge in [0.15, 0.2) is 0 Å². The fraction of sp³-hybridized carbons (Fsp3) is 0.500. The quantitative estimate of drug-likeness (QED) is 0.743. The highest BCUT2D eigenvalue weighted by Crippen LogP contribution is 2.16. The highest BCUT2D eigenvalue weighted by molar-refractivity contribution is 5.95. The molecule has 100 valence electrons. The number of carbonyl (C=O) groups is 1. The second-order valence-corrected chi connectivity index (χ2v) is 3.98. The summed E-state index contributed by atoms with van der Waals surface area (Å²) < 4.78 is 9.64. The maximum atomic E-state index is 11.5.